The van der Waals surface area contributed by atoms with Crippen LogP contribution < -0.4 is 16.0 Å². The molecule has 1 aromatic heterocycles. The van der Waals surface area contributed by atoms with Crippen LogP contribution in [-0.4, -0.2) is 71.8 Å². The maximum absolute atomic E-state index is 13.7. The molecule has 3 fully saturated rings. The first-order valence-electron chi connectivity index (χ1n) is 12.7. The highest BCUT2D eigenvalue weighted by molar-refractivity contribution is 7.23. The summed E-state index contributed by atoms with van der Waals surface area (Å²) in [5, 5.41) is 9.63. The van der Waals surface area contributed by atoms with E-state index in [4.69, 9.17) is 0 Å². The van der Waals surface area contributed by atoms with E-state index in [2.05, 4.69) is 20.9 Å². The fourth-order valence-electron chi connectivity index (χ4n) is 5.84. The SMILES string of the molecule is CC(C)NC(=O)Nc1sc2ccccc2c1C(=O)N1CCC(N2CCCC3(CC(=O)NC3=O)C2)CC1. The van der Waals surface area contributed by atoms with E-state index in [0.29, 0.717) is 30.2 Å². The van der Waals surface area contributed by atoms with Gasteiger partial charge in [-0.3, -0.25) is 29.9 Å². The van der Waals surface area contributed by atoms with Crippen molar-refractivity contribution in [3.8, 4) is 0 Å². The van der Waals surface area contributed by atoms with Crippen molar-refractivity contribution in [3.63, 3.8) is 0 Å². The number of fused-ring (bicyclic) bond motifs is 1. The number of thiophene rings is 1. The number of urea groups is 1. The third-order valence-corrected chi connectivity index (χ3v) is 8.65. The summed E-state index contributed by atoms with van der Waals surface area (Å²) < 4.78 is 0.957. The summed E-state index contributed by atoms with van der Waals surface area (Å²) >= 11 is 1.41. The zero-order valence-corrected chi connectivity index (χ0v) is 21.6. The molecule has 5 rings (SSSR count). The van der Waals surface area contributed by atoms with Gasteiger partial charge in [0.05, 0.1) is 11.0 Å². The Labute approximate surface area is 214 Å². The fourth-order valence-corrected chi connectivity index (χ4v) is 6.93. The number of piperidine rings is 2. The Bertz CT molecular complexity index is 1200. The Balaban J connectivity index is 1.28. The van der Waals surface area contributed by atoms with E-state index >= 15 is 0 Å². The fraction of sp³-hybridized carbons (Fsp3) is 0.538. The van der Waals surface area contributed by atoms with Crippen molar-refractivity contribution in [1.82, 2.24) is 20.4 Å². The molecule has 5 amide bonds. The van der Waals surface area contributed by atoms with Crippen molar-refractivity contribution in [2.75, 3.05) is 31.5 Å². The zero-order valence-electron chi connectivity index (χ0n) is 20.8. The molecule has 0 aliphatic carbocycles. The minimum atomic E-state index is -0.588. The van der Waals surface area contributed by atoms with Crippen LogP contribution in [0.25, 0.3) is 10.1 Å². The molecule has 0 bridgehead atoms. The Morgan fingerprint density at radius 2 is 1.89 bits per heavy atom. The predicted molar refractivity (Wildman–Crippen MR) is 139 cm³/mol. The maximum Gasteiger partial charge on any atom is 0.320 e. The Hall–Kier alpha value is -2.98. The quantitative estimate of drug-likeness (QED) is 0.546. The molecule has 3 aliphatic rings. The lowest BCUT2D eigenvalue weighted by Gasteiger charge is -2.44. The number of carbonyl (C=O) groups is 4. The largest absolute Gasteiger partial charge is 0.338 e. The number of rotatable bonds is 4. The third-order valence-electron chi connectivity index (χ3n) is 7.56. The van der Waals surface area contributed by atoms with E-state index in [9.17, 15) is 19.2 Å². The number of anilines is 1. The first kappa shape index (κ1) is 24.7. The van der Waals surface area contributed by atoms with Gasteiger partial charge in [-0.1, -0.05) is 18.2 Å². The number of nitrogens with one attached hydrogen (secondary N) is 3. The molecule has 0 radical (unpaired) electrons. The molecule has 4 heterocycles. The third kappa shape index (κ3) is 4.71. The molecule has 192 valence electrons. The van der Waals surface area contributed by atoms with Crippen LogP contribution >= 0.6 is 11.3 Å². The van der Waals surface area contributed by atoms with E-state index in [0.717, 1.165) is 42.3 Å². The molecule has 3 saturated heterocycles. The van der Waals surface area contributed by atoms with Gasteiger partial charge in [0.15, 0.2) is 0 Å². The first-order chi connectivity index (χ1) is 17.3. The Morgan fingerprint density at radius 1 is 1.14 bits per heavy atom. The molecule has 0 saturated carbocycles. The van der Waals surface area contributed by atoms with Crippen molar-refractivity contribution >= 4 is 50.2 Å². The average molecular weight is 512 g/mol. The predicted octanol–water partition coefficient (Wildman–Crippen LogP) is 3.16. The van der Waals surface area contributed by atoms with Gasteiger partial charge in [0.2, 0.25) is 11.8 Å². The minimum Gasteiger partial charge on any atom is -0.338 e. The molecular formula is C26H33N5O4S. The van der Waals surface area contributed by atoms with Crippen molar-refractivity contribution in [2.45, 2.75) is 58.0 Å². The molecule has 1 spiro atoms. The van der Waals surface area contributed by atoms with E-state index in [1.165, 1.54) is 11.3 Å². The second-order valence-electron chi connectivity index (χ2n) is 10.5. The molecule has 36 heavy (non-hydrogen) atoms. The van der Waals surface area contributed by atoms with Crippen LogP contribution in [0.3, 0.4) is 0 Å². The topological polar surface area (TPSA) is 111 Å². The van der Waals surface area contributed by atoms with Crippen LogP contribution in [0.15, 0.2) is 24.3 Å². The standard InChI is InChI=1S/C26H33N5O4S/c1-16(2)27-25(35)29-22-21(18-6-3-4-7-19(18)36-22)23(33)30-12-8-17(9-13-30)31-11-5-10-26(15-31)14-20(32)28-24(26)34/h3-4,6-7,16-17H,5,8-15H2,1-2H3,(H2,27,29,35)(H,28,32,34). The van der Waals surface area contributed by atoms with Crippen LogP contribution in [0.1, 0.15) is 56.3 Å². The number of likely N-dealkylation sites (tertiary alicyclic amines) is 2. The summed E-state index contributed by atoms with van der Waals surface area (Å²) in [4.78, 5) is 54.7. The second-order valence-corrected chi connectivity index (χ2v) is 11.5. The van der Waals surface area contributed by atoms with E-state index in [-0.39, 0.29) is 42.3 Å². The van der Waals surface area contributed by atoms with Gasteiger partial charge in [0.1, 0.15) is 5.00 Å². The molecule has 2 aromatic rings. The molecule has 1 aromatic carbocycles. The van der Waals surface area contributed by atoms with Crippen LogP contribution in [0, 0.1) is 5.41 Å². The monoisotopic (exact) mass is 511 g/mol. The van der Waals surface area contributed by atoms with E-state index in [1.807, 2.05) is 43.0 Å². The summed E-state index contributed by atoms with van der Waals surface area (Å²) in [6, 6.07) is 7.68. The van der Waals surface area contributed by atoms with Gasteiger partial charge in [0.25, 0.3) is 5.91 Å². The number of nitrogens with zero attached hydrogens (tertiary/aromatic N) is 2. The molecule has 10 heteroatoms. The molecule has 1 atom stereocenters. The minimum absolute atomic E-state index is 0.0140. The van der Waals surface area contributed by atoms with E-state index in [1.54, 1.807) is 0 Å². The molecule has 9 nitrogen and oxygen atoms in total. The summed E-state index contributed by atoms with van der Waals surface area (Å²) in [7, 11) is 0. The summed E-state index contributed by atoms with van der Waals surface area (Å²) in [6.07, 6.45) is 3.56. The molecular weight excluding hydrogens is 478 g/mol. The van der Waals surface area contributed by atoms with Crippen LogP contribution in [0.2, 0.25) is 0 Å². The van der Waals surface area contributed by atoms with Crippen molar-refractivity contribution in [3.05, 3.63) is 29.8 Å². The highest BCUT2D eigenvalue weighted by Crippen LogP contribution is 2.40. The maximum atomic E-state index is 13.7. The number of hydrogen-bond donors (Lipinski definition) is 3. The summed E-state index contributed by atoms with van der Waals surface area (Å²) in [5.41, 5.74) is -0.0410. The lowest BCUT2D eigenvalue weighted by molar-refractivity contribution is -0.131. The lowest BCUT2D eigenvalue weighted by atomic mass is 9.77. The first-order valence-corrected chi connectivity index (χ1v) is 13.5. The number of benzene rings is 1. The number of hydrogen-bond acceptors (Lipinski definition) is 6. The zero-order chi connectivity index (χ0) is 25.4. The molecule has 3 N–H and O–H groups in total. The van der Waals surface area contributed by atoms with Crippen molar-refractivity contribution < 1.29 is 19.2 Å². The number of imide groups is 1. The normalized spacial score (nSPS) is 23.5. The lowest BCUT2D eigenvalue weighted by Crippen LogP contribution is -2.54. The van der Waals surface area contributed by atoms with E-state index < -0.39 is 5.41 Å². The van der Waals surface area contributed by atoms with Gasteiger partial charge in [-0.2, -0.15) is 0 Å². The van der Waals surface area contributed by atoms with Crippen LogP contribution in [0.4, 0.5) is 9.80 Å². The van der Waals surface area contributed by atoms with Crippen LogP contribution in [0.5, 0.6) is 0 Å². The van der Waals surface area contributed by atoms with Gasteiger partial charge in [-0.05, 0) is 52.1 Å². The highest BCUT2D eigenvalue weighted by atomic mass is 32.1. The Morgan fingerprint density at radius 3 is 2.58 bits per heavy atom. The van der Waals surface area contributed by atoms with Crippen LogP contribution in [-0.2, 0) is 9.59 Å². The smallest absolute Gasteiger partial charge is 0.320 e. The number of amides is 5. The highest BCUT2D eigenvalue weighted by Gasteiger charge is 2.50. The average Bonchev–Trinajstić information content (AvgIpc) is 3.33. The van der Waals surface area contributed by atoms with Gasteiger partial charge in [0, 0.05) is 48.2 Å². The van der Waals surface area contributed by atoms with Gasteiger partial charge >= 0.3 is 6.03 Å². The van der Waals surface area contributed by atoms with Gasteiger partial charge in [-0.25, -0.2) is 4.79 Å². The van der Waals surface area contributed by atoms with Gasteiger partial charge < -0.3 is 10.2 Å². The molecule has 1 unspecified atom stereocenters. The second kappa shape index (κ2) is 9.82. The van der Waals surface area contributed by atoms with Gasteiger partial charge in [-0.15, -0.1) is 11.3 Å². The summed E-state index contributed by atoms with van der Waals surface area (Å²) in [5.74, 6) is -0.367. The van der Waals surface area contributed by atoms with Crippen molar-refractivity contribution in [2.24, 2.45) is 5.41 Å². The molecule has 3 aliphatic heterocycles. The summed E-state index contributed by atoms with van der Waals surface area (Å²) in [6.45, 7) is 6.52. The Kier molecular flexibility index (Phi) is 6.74. The van der Waals surface area contributed by atoms with Crippen molar-refractivity contribution in [1.29, 1.82) is 0 Å². The number of carbonyl (C=O) groups excluding carboxylic acids is 4.